The van der Waals surface area contributed by atoms with Gasteiger partial charge < -0.3 is 9.47 Å². The van der Waals surface area contributed by atoms with Crippen molar-refractivity contribution in [1.82, 2.24) is 0 Å². The summed E-state index contributed by atoms with van der Waals surface area (Å²) in [6.07, 6.45) is 0.362. The van der Waals surface area contributed by atoms with Gasteiger partial charge >= 0.3 is 13.8 Å². The zero-order valence-electron chi connectivity index (χ0n) is 18.8. The van der Waals surface area contributed by atoms with E-state index in [4.69, 9.17) is 9.47 Å². The Hall–Kier alpha value is -2.20. The number of thioether (sulfide) groups is 1. The standard InChI is InChI=1S/C26H30O4PS/c1-4-29-25(27)26(30-5-2,22-14-7-6-8-15-22)20(3)18-31(28)19-32-24-17-11-13-21-12-9-10-16-23(21)24/h6-17,20H,4-5,18-19H2,1-3H3/q+1. The van der Waals surface area contributed by atoms with E-state index in [-0.39, 0.29) is 12.5 Å². The monoisotopic (exact) mass is 469 g/mol. The summed E-state index contributed by atoms with van der Waals surface area (Å²) in [4.78, 5) is 14.3. The first-order chi connectivity index (χ1) is 15.5. The molecular formula is C26H30O4PS+. The number of fused-ring (bicyclic) bond motifs is 1. The average molecular weight is 470 g/mol. The molecule has 0 radical (unpaired) electrons. The maximum absolute atomic E-state index is 13.2. The van der Waals surface area contributed by atoms with Crippen LogP contribution >= 0.6 is 19.6 Å². The third-order valence-corrected chi connectivity index (χ3v) is 8.73. The van der Waals surface area contributed by atoms with E-state index in [1.165, 1.54) is 5.39 Å². The zero-order valence-corrected chi connectivity index (χ0v) is 20.5. The lowest BCUT2D eigenvalue weighted by Crippen LogP contribution is -2.47. The quantitative estimate of drug-likeness (QED) is 0.175. The van der Waals surface area contributed by atoms with Gasteiger partial charge in [0, 0.05) is 17.4 Å². The Labute approximate surface area is 195 Å². The van der Waals surface area contributed by atoms with Gasteiger partial charge in [-0.15, -0.1) is 0 Å². The molecule has 6 heteroatoms. The van der Waals surface area contributed by atoms with Crippen molar-refractivity contribution in [2.24, 2.45) is 5.92 Å². The fourth-order valence-corrected chi connectivity index (χ4v) is 6.93. The highest BCUT2D eigenvalue weighted by molar-refractivity contribution is 8.04. The van der Waals surface area contributed by atoms with Crippen molar-refractivity contribution in [3.63, 3.8) is 0 Å². The molecule has 0 bridgehead atoms. The maximum Gasteiger partial charge on any atom is 0.350 e. The van der Waals surface area contributed by atoms with Gasteiger partial charge in [0.1, 0.15) is 0 Å². The van der Waals surface area contributed by atoms with Gasteiger partial charge in [-0.25, -0.2) is 4.79 Å². The van der Waals surface area contributed by atoms with Crippen LogP contribution in [-0.2, 0) is 24.4 Å². The third-order valence-electron chi connectivity index (χ3n) is 5.44. The molecule has 3 aromatic rings. The van der Waals surface area contributed by atoms with Crippen molar-refractivity contribution < 1.29 is 18.8 Å². The van der Waals surface area contributed by atoms with Crippen LogP contribution in [0.25, 0.3) is 10.8 Å². The van der Waals surface area contributed by atoms with Gasteiger partial charge in [0.2, 0.25) is 0 Å². The van der Waals surface area contributed by atoms with Crippen LogP contribution in [0.4, 0.5) is 0 Å². The number of esters is 1. The Kier molecular flexibility index (Phi) is 8.86. The van der Waals surface area contributed by atoms with Crippen molar-refractivity contribution in [2.75, 3.05) is 24.9 Å². The fourth-order valence-electron chi connectivity index (χ4n) is 3.99. The van der Waals surface area contributed by atoms with Crippen molar-refractivity contribution in [2.45, 2.75) is 31.3 Å². The minimum absolute atomic E-state index is 0.260. The number of hydrogen-bond donors (Lipinski definition) is 0. The second-order valence-electron chi connectivity index (χ2n) is 7.57. The molecule has 3 unspecified atom stereocenters. The Balaban J connectivity index is 1.79. The van der Waals surface area contributed by atoms with E-state index in [0.717, 1.165) is 15.8 Å². The minimum atomic E-state index is -1.57. The molecule has 32 heavy (non-hydrogen) atoms. The van der Waals surface area contributed by atoms with E-state index in [0.29, 0.717) is 18.3 Å². The highest BCUT2D eigenvalue weighted by Crippen LogP contribution is 2.43. The molecule has 3 aromatic carbocycles. The van der Waals surface area contributed by atoms with Gasteiger partial charge in [-0.1, -0.05) is 90.0 Å². The molecule has 0 aliphatic heterocycles. The van der Waals surface area contributed by atoms with Crippen LogP contribution in [0.1, 0.15) is 26.3 Å². The van der Waals surface area contributed by atoms with Crippen LogP contribution in [0, 0.1) is 5.92 Å². The summed E-state index contributed by atoms with van der Waals surface area (Å²) in [5.41, 5.74) is -0.0628. The molecule has 0 aromatic heterocycles. The highest BCUT2D eigenvalue weighted by Gasteiger charge is 2.50. The average Bonchev–Trinajstić information content (AvgIpc) is 2.81. The lowest BCUT2D eigenvalue weighted by molar-refractivity contribution is -0.180. The summed E-state index contributed by atoms with van der Waals surface area (Å²) >= 11 is 1.60. The molecule has 3 rings (SSSR count). The number of hydrogen-bond acceptors (Lipinski definition) is 5. The van der Waals surface area contributed by atoms with Crippen LogP contribution in [-0.4, -0.2) is 30.8 Å². The van der Waals surface area contributed by atoms with E-state index < -0.39 is 19.4 Å². The van der Waals surface area contributed by atoms with E-state index in [9.17, 15) is 9.36 Å². The second kappa shape index (κ2) is 11.6. The molecule has 0 aliphatic rings. The summed E-state index contributed by atoms with van der Waals surface area (Å²) in [6, 6.07) is 23.8. The molecule has 3 atom stereocenters. The Morgan fingerprint density at radius 2 is 1.66 bits per heavy atom. The fraction of sp³-hybridized carbons (Fsp3) is 0.346. The van der Waals surface area contributed by atoms with Gasteiger partial charge in [0.05, 0.1) is 6.61 Å². The Morgan fingerprint density at radius 3 is 2.38 bits per heavy atom. The van der Waals surface area contributed by atoms with Crippen LogP contribution in [0.2, 0.25) is 0 Å². The number of carbonyl (C=O) groups is 1. The van der Waals surface area contributed by atoms with Crippen LogP contribution in [0.5, 0.6) is 0 Å². The van der Waals surface area contributed by atoms with Crippen LogP contribution in [0.3, 0.4) is 0 Å². The molecule has 0 heterocycles. The summed E-state index contributed by atoms with van der Waals surface area (Å²) in [5, 5.41) is 2.33. The van der Waals surface area contributed by atoms with Gasteiger partial charge in [-0.05, 0) is 36.2 Å². The molecule has 0 fully saturated rings. The van der Waals surface area contributed by atoms with Gasteiger partial charge in [-0.2, -0.15) is 0 Å². The number of ether oxygens (including phenoxy) is 2. The van der Waals surface area contributed by atoms with Crippen molar-refractivity contribution >= 4 is 36.3 Å². The third kappa shape index (κ3) is 5.40. The molecule has 0 saturated carbocycles. The predicted molar refractivity (Wildman–Crippen MR) is 133 cm³/mol. The molecule has 0 N–H and O–H groups in total. The van der Waals surface area contributed by atoms with Crippen molar-refractivity contribution in [1.29, 1.82) is 0 Å². The molecule has 0 amide bonds. The summed E-state index contributed by atoms with van der Waals surface area (Å²) in [6.45, 7) is 6.18. The second-order valence-corrected chi connectivity index (χ2v) is 10.7. The van der Waals surface area contributed by atoms with Crippen molar-refractivity contribution in [3.8, 4) is 0 Å². The van der Waals surface area contributed by atoms with E-state index >= 15 is 0 Å². The smallest absolute Gasteiger partial charge is 0.350 e. The molecule has 4 nitrogen and oxygen atoms in total. The molecule has 0 saturated heterocycles. The molecule has 168 valence electrons. The van der Waals surface area contributed by atoms with Crippen LogP contribution < -0.4 is 0 Å². The predicted octanol–water partition coefficient (Wildman–Crippen LogP) is 6.85. The Morgan fingerprint density at radius 1 is 0.969 bits per heavy atom. The SMILES string of the molecule is CCOC(=O)C(OCC)(c1ccccc1)C(C)C[P+](=O)CSc1cccc2ccccc12. The maximum atomic E-state index is 13.2. The summed E-state index contributed by atoms with van der Waals surface area (Å²) < 4.78 is 24.7. The van der Waals surface area contributed by atoms with Gasteiger partial charge in [0.15, 0.2) is 17.3 Å². The largest absolute Gasteiger partial charge is 0.464 e. The first-order valence-corrected chi connectivity index (χ1v) is 13.5. The van der Waals surface area contributed by atoms with E-state index in [2.05, 4.69) is 24.3 Å². The first-order valence-electron chi connectivity index (χ1n) is 10.9. The summed E-state index contributed by atoms with van der Waals surface area (Å²) in [7, 11) is -1.57. The lowest BCUT2D eigenvalue weighted by atomic mass is 9.82. The topological polar surface area (TPSA) is 52.6 Å². The molecular weight excluding hydrogens is 439 g/mol. The van der Waals surface area contributed by atoms with Crippen molar-refractivity contribution in [3.05, 3.63) is 78.4 Å². The number of rotatable bonds is 11. The highest BCUT2D eigenvalue weighted by atomic mass is 32.2. The van der Waals surface area contributed by atoms with Crippen LogP contribution in [0.15, 0.2) is 77.7 Å². The molecule has 0 aliphatic carbocycles. The zero-order chi connectivity index (χ0) is 23.0. The number of benzene rings is 3. The summed E-state index contributed by atoms with van der Waals surface area (Å²) in [5.74, 6) is -0.744. The minimum Gasteiger partial charge on any atom is -0.464 e. The van der Waals surface area contributed by atoms with Gasteiger partial charge in [-0.3, -0.25) is 0 Å². The normalized spacial score (nSPS) is 14.5. The Bertz CT molecular complexity index is 1050. The first kappa shape index (κ1) is 24.4. The van der Waals surface area contributed by atoms with Gasteiger partial charge in [0.25, 0.3) is 0 Å². The number of carbonyl (C=O) groups excluding carboxylic acids is 1. The van der Waals surface area contributed by atoms with E-state index in [1.54, 1.807) is 18.7 Å². The molecule has 0 spiro atoms. The lowest BCUT2D eigenvalue weighted by Gasteiger charge is -2.35. The van der Waals surface area contributed by atoms with E-state index in [1.807, 2.05) is 62.4 Å².